The van der Waals surface area contributed by atoms with Crippen molar-refractivity contribution in [2.24, 2.45) is 0 Å². The molecule has 0 radical (unpaired) electrons. The molecule has 0 unspecified atom stereocenters. The first-order valence-corrected chi connectivity index (χ1v) is 11.2. The van der Waals surface area contributed by atoms with E-state index in [0.717, 1.165) is 17.7 Å². The normalized spacial score (nSPS) is 10.9. The van der Waals surface area contributed by atoms with Gasteiger partial charge in [0, 0.05) is 18.2 Å². The van der Waals surface area contributed by atoms with E-state index in [1.807, 2.05) is 0 Å². The third kappa shape index (κ3) is 5.35. The summed E-state index contributed by atoms with van der Waals surface area (Å²) in [5.41, 5.74) is 0.430. The molecule has 174 valence electrons. The fourth-order valence-corrected chi connectivity index (χ4v) is 4.24. The van der Waals surface area contributed by atoms with Gasteiger partial charge in [0.25, 0.3) is 15.9 Å². The molecule has 0 aromatic heterocycles. The number of hydrogen-bond acceptors (Lipinski definition) is 6. The maximum Gasteiger partial charge on any atom is 0.262 e. The van der Waals surface area contributed by atoms with Crippen LogP contribution in [0.5, 0.6) is 17.2 Å². The van der Waals surface area contributed by atoms with Crippen molar-refractivity contribution in [3.8, 4) is 17.2 Å². The molecule has 3 aromatic carbocycles. The van der Waals surface area contributed by atoms with Crippen LogP contribution in [0.4, 0.5) is 10.1 Å². The lowest BCUT2D eigenvalue weighted by Gasteiger charge is -2.16. The number of anilines is 1. The minimum Gasteiger partial charge on any atom is -0.496 e. The molecule has 1 amide bonds. The Morgan fingerprint density at radius 1 is 0.909 bits per heavy atom. The first-order valence-electron chi connectivity index (χ1n) is 9.74. The highest BCUT2D eigenvalue weighted by molar-refractivity contribution is 7.92. The second-order valence-electron chi connectivity index (χ2n) is 6.79. The molecule has 0 aliphatic heterocycles. The Bertz CT molecular complexity index is 1260. The third-order valence-corrected chi connectivity index (χ3v) is 6.10. The molecule has 2 N–H and O–H groups in total. The molecular weight excluding hydrogens is 451 g/mol. The average molecular weight is 475 g/mol. The van der Waals surface area contributed by atoms with E-state index < -0.39 is 21.7 Å². The van der Waals surface area contributed by atoms with Crippen LogP contribution in [-0.2, 0) is 16.6 Å². The Morgan fingerprint density at radius 2 is 1.58 bits per heavy atom. The Labute approximate surface area is 191 Å². The quantitative estimate of drug-likeness (QED) is 0.491. The molecule has 0 atom stereocenters. The number of amides is 1. The molecule has 3 aromatic rings. The molecule has 0 aliphatic carbocycles. The summed E-state index contributed by atoms with van der Waals surface area (Å²) in [7, 11) is -0.0850. The van der Waals surface area contributed by atoms with Crippen LogP contribution >= 0.6 is 0 Å². The molecule has 0 heterocycles. The van der Waals surface area contributed by atoms with Crippen molar-refractivity contribution in [1.29, 1.82) is 0 Å². The van der Waals surface area contributed by atoms with Gasteiger partial charge in [-0.3, -0.25) is 9.52 Å². The third-order valence-electron chi connectivity index (χ3n) is 4.76. The molecule has 0 fully saturated rings. The zero-order valence-corrected chi connectivity index (χ0v) is 19.0. The minimum atomic E-state index is -4.25. The molecular formula is C23H23FN2O6S. The number of methoxy groups -OCH3 is 3. The van der Waals surface area contributed by atoms with Crippen molar-refractivity contribution >= 4 is 21.6 Å². The van der Waals surface area contributed by atoms with Gasteiger partial charge in [-0.05, 0) is 24.3 Å². The first kappa shape index (κ1) is 23.9. The average Bonchev–Trinajstić information content (AvgIpc) is 2.82. The zero-order chi connectivity index (χ0) is 24.0. The molecule has 0 saturated heterocycles. The van der Waals surface area contributed by atoms with Crippen LogP contribution in [0.25, 0.3) is 0 Å². The summed E-state index contributed by atoms with van der Waals surface area (Å²) in [6.45, 7) is 0.124. The van der Waals surface area contributed by atoms with Crippen molar-refractivity contribution in [2.75, 3.05) is 26.1 Å². The van der Waals surface area contributed by atoms with Crippen molar-refractivity contribution in [3.63, 3.8) is 0 Å². The highest BCUT2D eigenvalue weighted by Gasteiger charge is 2.25. The maximum atomic E-state index is 14.0. The van der Waals surface area contributed by atoms with E-state index in [9.17, 15) is 17.6 Å². The monoisotopic (exact) mass is 474 g/mol. The van der Waals surface area contributed by atoms with Crippen molar-refractivity contribution in [2.45, 2.75) is 11.4 Å². The summed E-state index contributed by atoms with van der Waals surface area (Å²) in [5.74, 6) is -0.667. The SMILES string of the molecule is COc1ccccc1CNC(=O)c1cc(S(=O)(=O)Nc2ccccc2F)cc(OC)c1OC. The van der Waals surface area contributed by atoms with E-state index >= 15 is 0 Å². The number of sulfonamides is 1. The topological polar surface area (TPSA) is 103 Å². The summed E-state index contributed by atoms with van der Waals surface area (Å²) in [6, 6.07) is 14.8. The Hall–Kier alpha value is -3.79. The van der Waals surface area contributed by atoms with E-state index in [2.05, 4.69) is 10.0 Å². The van der Waals surface area contributed by atoms with Gasteiger partial charge in [-0.1, -0.05) is 30.3 Å². The van der Waals surface area contributed by atoms with Gasteiger partial charge in [0.05, 0.1) is 37.5 Å². The van der Waals surface area contributed by atoms with E-state index in [4.69, 9.17) is 14.2 Å². The lowest BCUT2D eigenvalue weighted by molar-refractivity contribution is 0.0946. The van der Waals surface area contributed by atoms with E-state index in [-0.39, 0.29) is 34.2 Å². The molecule has 0 spiro atoms. The van der Waals surface area contributed by atoms with Gasteiger partial charge in [-0.25, -0.2) is 12.8 Å². The molecule has 33 heavy (non-hydrogen) atoms. The van der Waals surface area contributed by atoms with Crippen LogP contribution in [0.1, 0.15) is 15.9 Å². The van der Waals surface area contributed by atoms with E-state index in [1.165, 1.54) is 45.6 Å². The number of nitrogens with one attached hydrogen (secondary N) is 2. The lowest BCUT2D eigenvalue weighted by Crippen LogP contribution is -2.24. The number of hydrogen-bond donors (Lipinski definition) is 2. The van der Waals surface area contributed by atoms with E-state index in [1.54, 1.807) is 24.3 Å². The first-order chi connectivity index (χ1) is 15.8. The minimum absolute atomic E-state index is 0.0244. The summed E-state index contributed by atoms with van der Waals surface area (Å²) in [4.78, 5) is 12.7. The fraction of sp³-hybridized carbons (Fsp3) is 0.174. The maximum absolute atomic E-state index is 14.0. The van der Waals surface area contributed by atoms with Gasteiger partial charge in [-0.2, -0.15) is 0 Å². The summed E-state index contributed by atoms with van der Waals surface area (Å²) in [5, 5.41) is 2.72. The van der Waals surface area contributed by atoms with Crippen LogP contribution in [-0.4, -0.2) is 35.7 Å². The van der Waals surface area contributed by atoms with Gasteiger partial charge >= 0.3 is 0 Å². The van der Waals surface area contributed by atoms with Gasteiger partial charge in [0.1, 0.15) is 11.6 Å². The predicted octanol–water partition coefficient (Wildman–Crippen LogP) is 3.58. The van der Waals surface area contributed by atoms with E-state index in [0.29, 0.717) is 5.75 Å². The second kappa shape index (κ2) is 10.2. The van der Waals surface area contributed by atoms with Gasteiger partial charge in [0.2, 0.25) is 0 Å². The van der Waals surface area contributed by atoms with Crippen molar-refractivity contribution < 1.29 is 31.8 Å². The van der Waals surface area contributed by atoms with Crippen molar-refractivity contribution in [3.05, 3.63) is 77.6 Å². The molecule has 0 bridgehead atoms. The van der Waals surface area contributed by atoms with Crippen LogP contribution < -0.4 is 24.2 Å². The number of halogens is 1. The Morgan fingerprint density at radius 3 is 2.24 bits per heavy atom. The number of benzene rings is 3. The number of carbonyl (C=O) groups is 1. The molecule has 3 rings (SSSR count). The standard InChI is InChI=1S/C23H23FN2O6S/c1-30-20-11-7-4-8-15(20)14-25-23(27)17-12-16(13-21(31-2)22(17)32-3)33(28,29)26-19-10-6-5-9-18(19)24/h4-13,26H,14H2,1-3H3,(H,25,27). The highest BCUT2D eigenvalue weighted by Crippen LogP contribution is 2.35. The van der Waals surface area contributed by atoms with Gasteiger partial charge in [-0.15, -0.1) is 0 Å². The molecule has 0 saturated carbocycles. The van der Waals surface area contributed by atoms with Gasteiger partial charge < -0.3 is 19.5 Å². The number of para-hydroxylation sites is 2. The largest absolute Gasteiger partial charge is 0.496 e. The highest BCUT2D eigenvalue weighted by atomic mass is 32.2. The lowest BCUT2D eigenvalue weighted by atomic mass is 10.1. The van der Waals surface area contributed by atoms with Crippen LogP contribution in [0, 0.1) is 5.82 Å². The fourth-order valence-electron chi connectivity index (χ4n) is 3.13. The predicted molar refractivity (Wildman–Crippen MR) is 121 cm³/mol. The van der Waals surface area contributed by atoms with Crippen molar-refractivity contribution in [1.82, 2.24) is 5.32 Å². The Kier molecular flexibility index (Phi) is 7.39. The molecule has 0 aliphatic rings. The van der Waals surface area contributed by atoms with Crippen LogP contribution in [0.15, 0.2) is 65.6 Å². The van der Waals surface area contributed by atoms with Gasteiger partial charge in [0.15, 0.2) is 11.5 Å². The summed E-state index contributed by atoms with van der Waals surface area (Å²) < 4.78 is 57.9. The Balaban J connectivity index is 1.96. The summed E-state index contributed by atoms with van der Waals surface area (Å²) in [6.07, 6.45) is 0. The van der Waals surface area contributed by atoms with Crippen LogP contribution in [0.2, 0.25) is 0 Å². The molecule has 8 nitrogen and oxygen atoms in total. The smallest absolute Gasteiger partial charge is 0.262 e. The number of ether oxygens (including phenoxy) is 3. The number of carbonyl (C=O) groups excluding carboxylic acids is 1. The summed E-state index contributed by atoms with van der Waals surface area (Å²) >= 11 is 0. The van der Waals surface area contributed by atoms with Crippen LogP contribution in [0.3, 0.4) is 0 Å². The molecule has 10 heteroatoms. The number of rotatable bonds is 9. The zero-order valence-electron chi connectivity index (χ0n) is 18.2. The second-order valence-corrected chi connectivity index (χ2v) is 8.47.